The number of carbonyl (C=O) groups excluding carboxylic acids is 2. The Hall–Kier alpha value is -2.93. The van der Waals surface area contributed by atoms with Crippen molar-refractivity contribution in [2.24, 2.45) is 0 Å². The van der Waals surface area contributed by atoms with Crippen molar-refractivity contribution >= 4 is 12.0 Å². The summed E-state index contributed by atoms with van der Waals surface area (Å²) in [6.45, 7) is 0.987. The second-order valence-corrected chi connectivity index (χ2v) is 6.47. The van der Waals surface area contributed by atoms with Gasteiger partial charge in [-0.05, 0) is 30.5 Å². The van der Waals surface area contributed by atoms with E-state index in [1.54, 1.807) is 29.3 Å². The van der Waals surface area contributed by atoms with Crippen LogP contribution in [0.2, 0.25) is 0 Å². The first kappa shape index (κ1) is 18.8. The number of amides is 2. The number of aromatic nitrogens is 1. The zero-order valence-corrected chi connectivity index (χ0v) is 15.0. The standard InChI is InChI=1S/C20H23N3O4/c24-18-10-13-23(20(26)27-14-15-6-2-1-3-7-15)12-9-16(18)22-19(25)17-8-4-5-11-21-17/h1-8,11,16,18,24H,9-10,12-14H2,(H,22,25)/t16-,18-/m0/s1. The zero-order valence-electron chi connectivity index (χ0n) is 15.0. The summed E-state index contributed by atoms with van der Waals surface area (Å²) >= 11 is 0. The van der Waals surface area contributed by atoms with E-state index in [0.29, 0.717) is 31.6 Å². The molecular weight excluding hydrogens is 346 g/mol. The van der Waals surface area contributed by atoms with Crippen molar-refractivity contribution in [2.45, 2.75) is 31.6 Å². The fourth-order valence-corrected chi connectivity index (χ4v) is 2.99. The van der Waals surface area contributed by atoms with Gasteiger partial charge in [0.25, 0.3) is 5.91 Å². The number of likely N-dealkylation sites (tertiary alicyclic amines) is 1. The van der Waals surface area contributed by atoms with Crippen molar-refractivity contribution in [1.29, 1.82) is 0 Å². The average Bonchev–Trinajstić information content (AvgIpc) is 2.89. The highest BCUT2D eigenvalue weighted by molar-refractivity contribution is 5.92. The van der Waals surface area contributed by atoms with Crippen LogP contribution in [0.1, 0.15) is 28.9 Å². The topological polar surface area (TPSA) is 91.8 Å². The molecule has 2 aromatic rings. The van der Waals surface area contributed by atoms with Crippen molar-refractivity contribution in [3.63, 3.8) is 0 Å². The van der Waals surface area contributed by atoms with E-state index in [2.05, 4.69) is 10.3 Å². The number of ether oxygens (including phenoxy) is 1. The van der Waals surface area contributed by atoms with Gasteiger partial charge >= 0.3 is 6.09 Å². The van der Waals surface area contributed by atoms with Gasteiger partial charge in [-0.1, -0.05) is 36.4 Å². The van der Waals surface area contributed by atoms with E-state index < -0.39 is 18.2 Å². The third-order valence-corrected chi connectivity index (χ3v) is 4.55. The fraction of sp³-hybridized carbons (Fsp3) is 0.350. The van der Waals surface area contributed by atoms with Crippen molar-refractivity contribution in [1.82, 2.24) is 15.2 Å². The van der Waals surface area contributed by atoms with E-state index in [-0.39, 0.29) is 12.5 Å². The predicted molar refractivity (Wildman–Crippen MR) is 98.9 cm³/mol. The molecule has 7 nitrogen and oxygen atoms in total. The third-order valence-electron chi connectivity index (χ3n) is 4.55. The second-order valence-electron chi connectivity index (χ2n) is 6.47. The third kappa shape index (κ3) is 5.27. The monoisotopic (exact) mass is 369 g/mol. The van der Waals surface area contributed by atoms with Crippen molar-refractivity contribution < 1.29 is 19.4 Å². The summed E-state index contributed by atoms with van der Waals surface area (Å²) in [5.74, 6) is -0.334. The van der Waals surface area contributed by atoms with Gasteiger partial charge < -0.3 is 20.1 Å². The van der Waals surface area contributed by atoms with Gasteiger partial charge in [0.2, 0.25) is 0 Å². The molecule has 142 valence electrons. The van der Waals surface area contributed by atoms with Gasteiger partial charge in [-0.3, -0.25) is 9.78 Å². The maximum absolute atomic E-state index is 12.3. The number of nitrogens with zero attached hydrogens (tertiary/aromatic N) is 2. The number of aliphatic hydroxyl groups excluding tert-OH is 1. The summed E-state index contributed by atoms with van der Waals surface area (Å²) in [5, 5.41) is 13.2. The van der Waals surface area contributed by atoms with Crippen molar-refractivity contribution in [3.05, 3.63) is 66.0 Å². The lowest BCUT2D eigenvalue weighted by Gasteiger charge is -2.21. The van der Waals surface area contributed by atoms with Crippen molar-refractivity contribution in [3.8, 4) is 0 Å². The summed E-state index contributed by atoms with van der Waals surface area (Å²) in [5.41, 5.74) is 1.22. The van der Waals surface area contributed by atoms with E-state index in [9.17, 15) is 14.7 Å². The van der Waals surface area contributed by atoms with E-state index in [0.717, 1.165) is 5.56 Å². The minimum atomic E-state index is -0.732. The van der Waals surface area contributed by atoms with Crippen LogP contribution in [0.15, 0.2) is 54.7 Å². The maximum atomic E-state index is 12.3. The maximum Gasteiger partial charge on any atom is 0.410 e. The van der Waals surface area contributed by atoms with Gasteiger partial charge in [0.1, 0.15) is 12.3 Å². The van der Waals surface area contributed by atoms with Crippen LogP contribution in [0.5, 0.6) is 0 Å². The number of benzene rings is 1. The number of rotatable bonds is 4. The molecule has 1 aliphatic heterocycles. The second kappa shape index (κ2) is 9.14. The highest BCUT2D eigenvalue weighted by Crippen LogP contribution is 2.14. The molecular formula is C20H23N3O4. The van der Waals surface area contributed by atoms with E-state index in [1.165, 1.54) is 0 Å². The van der Waals surface area contributed by atoms with Crippen LogP contribution in [0, 0.1) is 0 Å². The van der Waals surface area contributed by atoms with Crippen LogP contribution in [0.25, 0.3) is 0 Å². The molecule has 7 heteroatoms. The largest absolute Gasteiger partial charge is 0.445 e. The number of hydrogen-bond acceptors (Lipinski definition) is 5. The Labute approximate surface area is 158 Å². The number of carbonyl (C=O) groups is 2. The lowest BCUT2D eigenvalue weighted by atomic mass is 10.1. The predicted octanol–water partition coefficient (Wildman–Crippen LogP) is 1.97. The van der Waals surface area contributed by atoms with Crippen LogP contribution in [0.3, 0.4) is 0 Å². The summed E-state index contributed by atoms with van der Waals surface area (Å²) in [6, 6.07) is 14.1. The van der Waals surface area contributed by atoms with Crippen LogP contribution >= 0.6 is 0 Å². The van der Waals surface area contributed by atoms with Crippen LogP contribution in [-0.4, -0.2) is 52.2 Å². The SMILES string of the molecule is O=C(N[C@H]1CCN(C(=O)OCc2ccccc2)CC[C@@H]1O)c1ccccn1. The summed E-state index contributed by atoms with van der Waals surface area (Å²) < 4.78 is 5.35. The van der Waals surface area contributed by atoms with Gasteiger partial charge in [0.05, 0.1) is 12.1 Å². The van der Waals surface area contributed by atoms with Gasteiger partial charge in [0.15, 0.2) is 0 Å². The molecule has 0 spiro atoms. The van der Waals surface area contributed by atoms with Gasteiger partial charge in [-0.15, -0.1) is 0 Å². The molecule has 2 amide bonds. The number of pyridine rings is 1. The van der Waals surface area contributed by atoms with Gasteiger partial charge in [-0.2, -0.15) is 0 Å². The fourth-order valence-electron chi connectivity index (χ4n) is 2.99. The summed E-state index contributed by atoms with van der Waals surface area (Å²) in [6.07, 6.45) is 1.21. The molecule has 1 aromatic carbocycles. The lowest BCUT2D eigenvalue weighted by Crippen LogP contribution is -2.43. The Morgan fingerprint density at radius 3 is 2.59 bits per heavy atom. The Morgan fingerprint density at radius 2 is 1.85 bits per heavy atom. The molecule has 0 unspecified atom stereocenters. The van der Waals surface area contributed by atoms with Crippen LogP contribution in [0.4, 0.5) is 4.79 Å². The number of hydrogen-bond donors (Lipinski definition) is 2. The Balaban J connectivity index is 1.52. The molecule has 0 bridgehead atoms. The first-order valence-electron chi connectivity index (χ1n) is 8.99. The highest BCUT2D eigenvalue weighted by atomic mass is 16.6. The first-order valence-corrected chi connectivity index (χ1v) is 8.99. The van der Waals surface area contributed by atoms with E-state index >= 15 is 0 Å². The molecule has 2 atom stereocenters. The summed E-state index contributed by atoms with van der Waals surface area (Å²) in [4.78, 5) is 30.1. The molecule has 1 saturated heterocycles. The summed E-state index contributed by atoms with van der Waals surface area (Å²) in [7, 11) is 0. The molecule has 1 fully saturated rings. The quantitative estimate of drug-likeness (QED) is 0.860. The lowest BCUT2D eigenvalue weighted by molar-refractivity contribution is 0.0816. The first-order chi connectivity index (χ1) is 13.1. The van der Waals surface area contributed by atoms with E-state index in [1.807, 2.05) is 30.3 Å². The molecule has 0 radical (unpaired) electrons. The molecule has 3 rings (SSSR count). The normalized spacial score (nSPS) is 19.8. The minimum absolute atomic E-state index is 0.207. The highest BCUT2D eigenvalue weighted by Gasteiger charge is 2.29. The Bertz CT molecular complexity index is 754. The molecule has 1 aromatic heterocycles. The van der Waals surface area contributed by atoms with Gasteiger partial charge in [0, 0.05) is 19.3 Å². The van der Waals surface area contributed by atoms with Crippen molar-refractivity contribution in [2.75, 3.05) is 13.1 Å². The molecule has 27 heavy (non-hydrogen) atoms. The van der Waals surface area contributed by atoms with Crippen LogP contribution < -0.4 is 5.32 Å². The molecule has 0 aliphatic carbocycles. The molecule has 1 aliphatic rings. The number of nitrogens with one attached hydrogen (secondary N) is 1. The smallest absolute Gasteiger partial charge is 0.410 e. The molecule has 2 N–H and O–H groups in total. The van der Waals surface area contributed by atoms with Gasteiger partial charge in [-0.25, -0.2) is 4.79 Å². The minimum Gasteiger partial charge on any atom is -0.445 e. The Kier molecular flexibility index (Phi) is 6.38. The van der Waals surface area contributed by atoms with E-state index in [4.69, 9.17) is 4.74 Å². The zero-order chi connectivity index (χ0) is 19.1. The molecule has 0 saturated carbocycles. The van der Waals surface area contributed by atoms with Crippen LogP contribution in [-0.2, 0) is 11.3 Å². The average molecular weight is 369 g/mol. The Morgan fingerprint density at radius 1 is 1.11 bits per heavy atom. The molecule has 2 heterocycles. The number of aliphatic hydroxyl groups is 1.